The van der Waals surface area contributed by atoms with Crippen molar-refractivity contribution in [2.24, 2.45) is 12.9 Å². The van der Waals surface area contributed by atoms with Crippen molar-refractivity contribution in [1.82, 2.24) is 15.2 Å². The minimum atomic E-state index is -0.0631. The van der Waals surface area contributed by atoms with Crippen LogP contribution >= 0.6 is 0 Å². The largest absolute Gasteiger partial charge is 0.275 e. The quantitative estimate of drug-likeness (QED) is 0.640. The highest BCUT2D eigenvalue weighted by Crippen LogP contribution is 2.27. The second-order valence-corrected chi connectivity index (χ2v) is 4.83. The highest BCUT2D eigenvalue weighted by Gasteiger charge is 2.19. The third-order valence-corrected chi connectivity index (χ3v) is 3.22. The van der Waals surface area contributed by atoms with E-state index in [0.717, 1.165) is 5.69 Å². The molecule has 0 bridgehead atoms. The topological polar surface area (TPSA) is 55.9 Å². The number of aromatic nitrogens is 2. The monoisotopic (exact) mass is 244 g/mol. The van der Waals surface area contributed by atoms with E-state index >= 15 is 0 Å². The Kier molecular flexibility index (Phi) is 3.50. The Balaban J connectivity index is 2.51. The first-order valence-electron chi connectivity index (χ1n) is 6.06. The molecule has 0 radical (unpaired) electrons. The van der Waals surface area contributed by atoms with E-state index < -0.39 is 0 Å². The van der Waals surface area contributed by atoms with Crippen LogP contribution in [-0.2, 0) is 7.05 Å². The maximum absolute atomic E-state index is 5.72. The van der Waals surface area contributed by atoms with Crippen LogP contribution in [-0.4, -0.2) is 9.78 Å². The number of aryl methyl sites for hydroxylation is 4. The fourth-order valence-corrected chi connectivity index (χ4v) is 2.55. The summed E-state index contributed by atoms with van der Waals surface area (Å²) in [4.78, 5) is 0. The van der Waals surface area contributed by atoms with E-state index in [0.29, 0.717) is 0 Å². The summed E-state index contributed by atoms with van der Waals surface area (Å²) in [6, 6.07) is 6.28. The molecule has 0 spiro atoms. The van der Waals surface area contributed by atoms with Crippen LogP contribution in [0.2, 0.25) is 0 Å². The molecule has 0 aliphatic carbocycles. The average molecular weight is 244 g/mol. The van der Waals surface area contributed by atoms with Crippen LogP contribution in [0.4, 0.5) is 0 Å². The molecule has 1 atom stereocenters. The highest BCUT2D eigenvalue weighted by molar-refractivity contribution is 5.42. The fourth-order valence-electron chi connectivity index (χ4n) is 2.55. The van der Waals surface area contributed by atoms with Gasteiger partial charge in [-0.2, -0.15) is 5.10 Å². The van der Waals surface area contributed by atoms with Gasteiger partial charge in [-0.3, -0.25) is 10.5 Å². The number of nitrogens with one attached hydrogen (secondary N) is 1. The van der Waals surface area contributed by atoms with Gasteiger partial charge < -0.3 is 0 Å². The van der Waals surface area contributed by atoms with Gasteiger partial charge in [0.15, 0.2) is 0 Å². The molecule has 3 N–H and O–H groups in total. The van der Waals surface area contributed by atoms with Crippen molar-refractivity contribution in [3.05, 3.63) is 52.3 Å². The van der Waals surface area contributed by atoms with Gasteiger partial charge in [-0.25, -0.2) is 5.43 Å². The molecule has 2 rings (SSSR count). The predicted molar refractivity (Wildman–Crippen MR) is 73.0 cm³/mol. The van der Waals surface area contributed by atoms with Crippen molar-refractivity contribution in [3.63, 3.8) is 0 Å². The first-order valence-corrected chi connectivity index (χ1v) is 6.06. The summed E-state index contributed by atoms with van der Waals surface area (Å²) in [7, 11) is 1.91. The summed E-state index contributed by atoms with van der Waals surface area (Å²) < 4.78 is 1.79. The lowest BCUT2D eigenvalue weighted by Crippen LogP contribution is -2.30. The SMILES string of the molecule is Cc1cc(C)c(C(NN)c2ccn(C)n2)c(C)c1. The third-order valence-electron chi connectivity index (χ3n) is 3.22. The van der Waals surface area contributed by atoms with Gasteiger partial charge in [-0.05, 0) is 43.5 Å². The molecule has 0 amide bonds. The van der Waals surface area contributed by atoms with E-state index in [4.69, 9.17) is 5.84 Å². The molecule has 1 aromatic heterocycles. The predicted octanol–water partition coefficient (Wildman–Crippen LogP) is 1.90. The number of hydrogen-bond acceptors (Lipinski definition) is 3. The van der Waals surface area contributed by atoms with Gasteiger partial charge in [0.05, 0.1) is 11.7 Å². The van der Waals surface area contributed by atoms with Crippen molar-refractivity contribution >= 4 is 0 Å². The lowest BCUT2D eigenvalue weighted by molar-refractivity contribution is 0.598. The Bertz CT molecular complexity index is 534. The molecule has 0 saturated heterocycles. The van der Waals surface area contributed by atoms with Gasteiger partial charge in [0, 0.05) is 13.2 Å². The molecular formula is C14H20N4. The van der Waals surface area contributed by atoms with Gasteiger partial charge in [-0.15, -0.1) is 0 Å². The molecule has 1 heterocycles. The fraction of sp³-hybridized carbons (Fsp3) is 0.357. The van der Waals surface area contributed by atoms with Crippen molar-refractivity contribution in [3.8, 4) is 0 Å². The molecule has 18 heavy (non-hydrogen) atoms. The summed E-state index contributed by atoms with van der Waals surface area (Å²) in [5.41, 5.74) is 8.77. The van der Waals surface area contributed by atoms with E-state index in [1.165, 1.54) is 22.3 Å². The molecule has 1 aromatic carbocycles. The van der Waals surface area contributed by atoms with Crippen LogP contribution in [0.25, 0.3) is 0 Å². The van der Waals surface area contributed by atoms with Gasteiger partial charge in [0.1, 0.15) is 0 Å². The summed E-state index contributed by atoms with van der Waals surface area (Å²) >= 11 is 0. The minimum absolute atomic E-state index is 0.0631. The van der Waals surface area contributed by atoms with Crippen molar-refractivity contribution < 1.29 is 0 Å². The Hall–Kier alpha value is -1.65. The highest BCUT2D eigenvalue weighted by atomic mass is 15.3. The Morgan fingerprint density at radius 3 is 2.28 bits per heavy atom. The van der Waals surface area contributed by atoms with Crippen LogP contribution in [0.5, 0.6) is 0 Å². The standard InChI is InChI=1S/C14H20N4/c1-9-7-10(2)13(11(3)8-9)14(16-15)12-5-6-18(4)17-12/h5-8,14,16H,15H2,1-4H3. The molecular weight excluding hydrogens is 224 g/mol. The number of hydrogen-bond donors (Lipinski definition) is 2. The molecule has 0 aliphatic heterocycles. The summed E-state index contributed by atoms with van der Waals surface area (Å²) in [6.45, 7) is 6.33. The van der Waals surface area contributed by atoms with Gasteiger partial charge in [0.2, 0.25) is 0 Å². The molecule has 0 fully saturated rings. The van der Waals surface area contributed by atoms with Gasteiger partial charge >= 0.3 is 0 Å². The zero-order valence-electron chi connectivity index (χ0n) is 11.4. The van der Waals surface area contributed by atoms with Crippen molar-refractivity contribution in [2.75, 3.05) is 0 Å². The van der Waals surface area contributed by atoms with Crippen molar-refractivity contribution in [1.29, 1.82) is 0 Å². The van der Waals surface area contributed by atoms with Crippen LogP contribution in [0.3, 0.4) is 0 Å². The number of benzene rings is 1. The lowest BCUT2D eigenvalue weighted by Gasteiger charge is -2.20. The normalized spacial score (nSPS) is 12.7. The third kappa shape index (κ3) is 2.30. The zero-order valence-corrected chi connectivity index (χ0v) is 11.4. The number of hydrazine groups is 1. The van der Waals surface area contributed by atoms with Gasteiger partial charge in [0.25, 0.3) is 0 Å². The van der Waals surface area contributed by atoms with Crippen molar-refractivity contribution in [2.45, 2.75) is 26.8 Å². The summed E-state index contributed by atoms with van der Waals surface area (Å²) in [6.07, 6.45) is 1.93. The Labute approximate surface area is 108 Å². The second kappa shape index (κ2) is 4.92. The van der Waals surface area contributed by atoms with E-state index in [-0.39, 0.29) is 6.04 Å². The number of nitrogens with two attached hydrogens (primary N) is 1. The average Bonchev–Trinajstić information content (AvgIpc) is 2.69. The smallest absolute Gasteiger partial charge is 0.0905 e. The second-order valence-electron chi connectivity index (χ2n) is 4.83. The van der Waals surface area contributed by atoms with Crippen LogP contribution < -0.4 is 11.3 Å². The number of rotatable bonds is 3. The zero-order chi connectivity index (χ0) is 13.3. The van der Waals surface area contributed by atoms with Gasteiger partial charge in [-0.1, -0.05) is 17.7 Å². The molecule has 0 saturated carbocycles. The molecule has 96 valence electrons. The Morgan fingerprint density at radius 2 is 1.83 bits per heavy atom. The molecule has 4 nitrogen and oxygen atoms in total. The molecule has 2 aromatic rings. The minimum Gasteiger partial charge on any atom is -0.275 e. The summed E-state index contributed by atoms with van der Waals surface area (Å²) in [5.74, 6) is 5.72. The van der Waals surface area contributed by atoms with E-state index in [1.54, 1.807) is 4.68 Å². The molecule has 1 unspecified atom stereocenters. The summed E-state index contributed by atoms with van der Waals surface area (Å²) in [5, 5.41) is 4.44. The van der Waals surface area contributed by atoms with E-state index in [9.17, 15) is 0 Å². The number of nitrogens with zero attached hydrogens (tertiary/aromatic N) is 2. The lowest BCUT2D eigenvalue weighted by atomic mass is 9.93. The first-order chi connectivity index (χ1) is 8.52. The molecule has 4 heteroatoms. The van der Waals surface area contributed by atoms with E-state index in [2.05, 4.69) is 43.4 Å². The maximum atomic E-state index is 5.72. The van der Waals surface area contributed by atoms with E-state index in [1.807, 2.05) is 19.3 Å². The van der Waals surface area contributed by atoms with Crippen LogP contribution in [0.1, 0.15) is 34.0 Å². The maximum Gasteiger partial charge on any atom is 0.0905 e. The molecule has 0 aliphatic rings. The van der Waals surface area contributed by atoms with Crippen LogP contribution in [0, 0.1) is 20.8 Å². The Morgan fingerprint density at radius 1 is 1.22 bits per heavy atom. The first kappa shape index (κ1) is 12.8. The van der Waals surface area contributed by atoms with Crippen LogP contribution in [0.15, 0.2) is 24.4 Å².